The van der Waals surface area contributed by atoms with Crippen LogP contribution in [0.1, 0.15) is 51.2 Å². The molecule has 0 bridgehead atoms. The average Bonchev–Trinajstić information content (AvgIpc) is 3.10. The number of benzene rings is 3. The zero-order valence-electron chi connectivity index (χ0n) is 26.0. The molecule has 0 spiro atoms. The summed E-state index contributed by atoms with van der Waals surface area (Å²) in [5.41, 5.74) is 2.52. The first kappa shape index (κ1) is 32.9. The number of rotatable bonds is 11. The highest BCUT2D eigenvalue weighted by molar-refractivity contribution is 6.08. The van der Waals surface area contributed by atoms with E-state index >= 15 is 0 Å². The van der Waals surface area contributed by atoms with Crippen LogP contribution < -0.4 is 20.4 Å². The van der Waals surface area contributed by atoms with Crippen LogP contribution in [0.25, 0.3) is 0 Å². The Morgan fingerprint density at radius 2 is 1.36 bits per heavy atom. The van der Waals surface area contributed by atoms with Gasteiger partial charge in [-0.15, -0.1) is 0 Å². The van der Waals surface area contributed by atoms with Gasteiger partial charge in [0.25, 0.3) is 5.91 Å². The maximum atomic E-state index is 14.0. The summed E-state index contributed by atoms with van der Waals surface area (Å²) in [4.78, 5) is 68.1. The fraction of sp³-hybridized carbons (Fsp3) is 0.343. The summed E-state index contributed by atoms with van der Waals surface area (Å²) >= 11 is 0. The van der Waals surface area contributed by atoms with Gasteiger partial charge >= 0.3 is 5.97 Å². The van der Waals surface area contributed by atoms with Gasteiger partial charge in [-0.3, -0.25) is 34.2 Å². The fourth-order valence-corrected chi connectivity index (χ4v) is 5.07. The Morgan fingerprint density at radius 3 is 2.00 bits per heavy atom. The molecule has 10 heteroatoms. The number of anilines is 2. The molecule has 1 heterocycles. The van der Waals surface area contributed by atoms with E-state index in [0.717, 1.165) is 11.1 Å². The first-order valence-corrected chi connectivity index (χ1v) is 15.1. The Balaban J connectivity index is 1.52. The maximum Gasteiger partial charge on any atom is 0.306 e. The average molecular weight is 613 g/mol. The molecule has 0 aliphatic carbocycles. The summed E-state index contributed by atoms with van der Waals surface area (Å²) in [5.74, 6) is -2.67. The number of aryl methyl sites for hydroxylation is 1. The lowest BCUT2D eigenvalue weighted by Gasteiger charge is -2.27. The summed E-state index contributed by atoms with van der Waals surface area (Å²) in [6.45, 7) is 5.36. The van der Waals surface area contributed by atoms with E-state index in [1.807, 2.05) is 77.7 Å². The van der Waals surface area contributed by atoms with Crippen LogP contribution in [0, 0.1) is 0 Å². The normalized spacial score (nSPS) is 14.6. The van der Waals surface area contributed by atoms with Gasteiger partial charge in [0.05, 0.1) is 17.8 Å². The second kappa shape index (κ2) is 15.1. The van der Waals surface area contributed by atoms with Crippen LogP contribution in [0.15, 0.2) is 84.9 Å². The van der Waals surface area contributed by atoms with E-state index in [-0.39, 0.29) is 31.7 Å². The van der Waals surface area contributed by atoms with Gasteiger partial charge in [0.1, 0.15) is 18.2 Å². The summed E-state index contributed by atoms with van der Waals surface area (Å²) in [6, 6.07) is 25.6. The number of para-hydroxylation sites is 2. The molecule has 1 atom stereocenters. The highest BCUT2D eigenvalue weighted by Crippen LogP contribution is 2.33. The minimum Gasteiger partial charge on any atom is -0.460 e. The fourth-order valence-electron chi connectivity index (χ4n) is 5.07. The van der Waals surface area contributed by atoms with Crippen molar-refractivity contribution in [3.63, 3.8) is 0 Å². The van der Waals surface area contributed by atoms with Crippen LogP contribution in [0.3, 0.4) is 0 Å². The molecule has 1 aliphatic heterocycles. The number of nitrogens with one attached hydrogen (secondary N) is 2. The smallest absolute Gasteiger partial charge is 0.306 e. The zero-order chi connectivity index (χ0) is 32.4. The highest BCUT2D eigenvalue weighted by atomic mass is 16.6. The molecule has 0 saturated heterocycles. The quantitative estimate of drug-likeness (QED) is 0.315. The van der Waals surface area contributed by atoms with E-state index in [2.05, 4.69) is 10.6 Å². The summed E-state index contributed by atoms with van der Waals surface area (Å²) in [6.07, 6.45) is 0.272. The predicted molar refractivity (Wildman–Crippen MR) is 171 cm³/mol. The number of carbonyl (C=O) groups is 5. The molecule has 4 rings (SSSR count). The van der Waals surface area contributed by atoms with Crippen LogP contribution in [0.4, 0.5) is 11.4 Å². The first-order valence-electron chi connectivity index (χ1n) is 15.1. The lowest BCUT2D eigenvalue weighted by Crippen LogP contribution is -2.54. The molecule has 0 radical (unpaired) electrons. The molecule has 1 aliphatic rings. The van der Waals surface area contributed by atoms with Gasteiger partial charge in [-0.05, 0) is 50.5 Å². The molecule has 45 heavy (non-hydrogen) atoms. The third kappa shape index (κ3) is 10.0. The standard InChI is InChI=1S/C35H40N4O6/c1-35(2,3)45-33(43)21-20-31(41)37-32(42)24-39-29-17-11-10-16-28(29)38(22-26-14-8-5-9-15-26)23-27(34(39)44)36-30(40)19-18-25-12-6-4-7-13-25/h4-17,27H,18-24H2,1-3H3,(H,36,40)(H,37,41,42)/t27-/m0/s1. The molecule has 3 aromatic carbocycles. The van der Waals surface area contributed by atoms with Gasteiger partial charge in [-0.1, -0.05) is 72.8 Å². The van der Waals surface area contributed by atoms with Gasteiger partial charge in [-0.2, -0.15) is 0 Å². The number of amides is 4. The van der Waals surface area contributed by atoms with Crippen molar-refractivity contribution in [2.45, 2.75) is 64.6 Å². The zero-order valence-corrected chi connectivity index (χ0v) is 26.0. The van der Waals surface area contributed by atoms with Crippen molar-refractivity contribution in [2.24, 2.45) is 0 Å². The minimum absolute atomic E-state index is 0.175. The molecule has 0 aromatic heterocycles. The SMILES string of the molecule is CC(C)(C)OC(=O)CCC(=O)NC(=O)CN1C(=O)[C@@H](NC(=O)CCc2ccccc2)CN(Cc2ccccc2)c2ccccc21. The van der Waals surface area contributed by atoms with E-state index in [1.54, 1.807) is 32.9 Å². The van der Waals surface area contributed by atoms with E-state index in [4.69, 9.17) is 4.74 Å². The largest absolute Gasteiger partial charge is 0.460 e. The van der Waals surface area contributed by atoms with Crippen LogP contribution in [-0.2, 0) is 41.7 Å². The number of esters is 1. The van der Waals surface area contributed by atoms with Gasteiger partial charge in [0, 0.05) is 25.9 Å². The molecule has 0 unspecified atom stereocenters. The van der Waals surface area contributed by atoms with E-state index < -0.39 is 41.9 Å². The highest BCUT2D eigenvalue weighted by Gasteiger charge is 2.35. The molecule has 10 nitrogen and oxygen atoms in total. The summed E-state index contributed by atoms with van der Waals surface area (Å²) < 4.78 is 5.22. The van der Waals surface area contributed by atoms with Crippen molar-refractivity contribution in [1.82, 2.24) is 10.6 Å². The van der Waals surface area contributed by atoms with E-state index in [1.165, 1.54) is 4.90 Å². The molecule has 236 valence electrons. The van der Waals surface area contributed by atoms with Crippen molar-refractivity contribution < 1.29 is 28.7 Å². The van der Waals surface area contributed by atoms with Crippen LogP contribution in [-0.4, -0.2) is 54.3 Å². The topological polar surface area (TPSA) is 125 Å². The van der Waals surface area contributed by atoms with Crippen molar-refractivity contribution in [3.8, 4) is 0 Å². The summed E-state index contributed by atoms with van der Waals surface area (Å²) in [7, 11) is 0. The number of hydrogen-bond donors (Lipinski definition) is 2. The lowest BCUT2D eigenvalue weighted by atomic mass is 10.1. The lowest BCUT2D eigenvalue weighted by molar-refractivity contribution is -0.156. The van der Waals surface area contributed by atoms with Crippen LogP contribution >= 0.6 is 0 Å². The number of nitrogens with zero attached hydrogens (tertiary/aromatic N) is 2. The molecule has 2 N–H and O–H groups in total. The third-order valence-corrected chi connectivity index (χ3v) is 7.07. The van der Waals surface area contributed by atoms with Gasteiger partial charge in [0.2, 0.25) is 17.7 Å². The Labute approximate surface area is 263 Å². The number of carbonyl (C=O) groups excluding carboxylic acids is 5. The monoisotopic (exact) mass is 612 g/mol. The molecular weight excluding hydrogens is 572 g/mol. The van der Waals surface area contributed by atoms with Crippen molar-refractivity contribution in [1.29, 1.82) is 0 Å². The Bertz CT molecular complexity index is 1500. The first-order chi connectivity index (χ1) is 21.5. The molecule has 3 aromatic rings. The minimum atomic E-state index is -0.958. The predicted octanol–water partition coefficient (Wildman–Crippen LogP) is 3.92. The molecule has 0 saturated carbocycles. The van der Waals surface area contributed by atoms with Gasteiger partial charge in [-0.25, -0.2) is 0 Å². The maximum absolute atomic E-state index is 14.0. The Morgan fingerprint density at radius 1 is 0.756 bits per heavy atom. The summed E-state index contributed by atoms with van der Waals surface area (Å²) in [5, 5.41) is 5.18. The number of imide groups is 1. The van der Waals surface area contributed by atoms with Crippen LogP contribution in [0.5, 0.6) is 0 Å². The second-order valence-corrected chi connectivity index (χ2v) is 11.9. The third-order valence-electron chi connectivity index (χ3n) is 7.07. The van der Waals surface area contributed by atoms with Gasteiger partial charge in [0.15, 0.2) is 0 Å². The number of ether oxygens (including phenoxy) is 1. The van der Waals surface area contributed by atoms with E-state index in [0.29, 0.717) is 24.3 Å². The molecular formula is C35H40N4O6. The van der Waals surface area contributed by atoms with Crippen molar-refractivity contribution >= 4 is 41.0 Å². The Hall–Kier alpha value is -4.99. The van der Waals surface area contributed by atoms with Crippen molar-refractivity contribution in [2.75, 3.05) is 22.9 Å². The molecule has 0 fully saturated rings. The number of fused-ring (bicyclic) bond motifs is 1. The molecule has 4 amide bonds. The van der Waals surface area contributed by atoms with E-state index in [9.17, 15) is 24.0 Å². The van der Waals surface area contributed by atoms with Gasteiger partial charge < -0.3 is 15.0 Å². The Kier molecular flexibility index (Phi) is 11.1. The van der Waals surface area contributed by atoms with Crippen molar-refractivity contribution in [3.05, 3.63) is 96.1 Å². The second-order valence-electron chi connectivity index (χ2n) is 11.9. The van der Waals surface area contributed by atoms with Crippen LogP contribution in [0.2, 0.25) is 0 Å². The number of hydrogen-bond acceptors (Lipinski definition) is 7.